The van der Waals surface area contributed by atoms with Gasteiger partial charge in [-0.25, -0.2) is 18.2 Å². The Morgan fingerprint density at radius 3 is 2.50 bits per heavy atom. The van der Waals surface area contributed by atoms with Gasteiger partial charge in [-0.05, 0) is 27.0 Å². The summed E-state index contributed by atoms with van der Waals surface area (Å²) in [5.41, 5.74) is -0.704. The van der Waals surface area contributed by atoms with Crippen LogP contribution in [0.25, 0.3) is 10.6 Å². The summed E-state index contributed by atoms with van der Waals surface area (Å²) in [4.78, 5) is 37.4. The number of hydrogen-bond donors (Lipinski definition) is 1. The maximum absolute atomic E-state index is 15.8. The van der Waals surface area contributed by atoms with Crippen molar-refractivity contribution in [1.82, 2.24) is 19.4 Å². The molecule has 9 nitrogen and oxygen atoms in total. The summed E-state index contributed by atoms with van der Waals surface area (Å²) in [5.74, 6) is -1.31. The predicted octanol–water partition coefficient (Wildman–Crippen LogP) is 4.20. The number of aryl methyl sites for hydroxylation is 1. The highest BCUT2D eigenvalue weighted by atomic mass is 32.1. The highest BCUT2D eigenvalue weighted by Crippen LogP contribution is 2.38. The third kappa shape index (κ3) is 6.38. The minimum Gasteiger partial charge on any atom is -0.379 e. The summed E-state index contributed by atoms with van der Waals surface area (Å²) < 4.78 is 49.9. The van der Waals surface area contributed by atoms with Gasteiger partial charge in [0, 0.05) is 92.4 Å². The van der Waals surface area contributed by atoms with Gasteiger partial charge in [0.05, 0.1) is 30.2 Å². The van der Waals surface area contributed by atoms with Crippen molar-refractivity contribution in [2.45, 2.75) is 38.9 Å². The zero-order chi connectivity index (χ0) is 30.1. The fraction of sp³-hybridized carbons (Fsp3) is 0.483. The van der Waals surface area contributed by atoms with Crippen LogP contribution in [0.15, 0.2) is 35.4 Å². The van der Waals surface area contributed by atoms with Crippen LogP contribution in [0, 0.1) is 5.82 Å². The van der Waals surface area contributed by atoms with Crippen LogP contribution in [0.1, 0.15) is 41.1 Å². The second-order valence-electron chi connectivity index (χ2n) is 11.0. The number of nitrogens with one attached hydrogen (secondary N) is 1. The van der Waals surface area contributed by atoms with Crippen molar-refractivity contribution in [3.63, 3.8) is 0 Å². The normalized spacial score (nSPS) is 20.3. The van der Waals surface area contributed by atoms with Gasteiger partial charge in [0.2, 0.25) is 0 Å². The number of thiazole rings is 1. The van der Waals surface area contributed by atoms with E-state index in [1.165, 1.54) is 30.5 Å². The van der Waals surface area contributed by atoms with Crippen LogP contribution in [-0.2, 0) is 18.3 Å². The highest BCUT2D eigenvalue weighted by molar-refractivity contribution is 7.15. The first-order valence-electron chi connectivity index (χ1n) is 13.9. The number of carbonyl (C=O) groups is 1. The smallest absolute Gasteiger partial charge is 0.264 e. The topological polar surface area (TPSA) is 82.9 Å². The molecule has 2 aromatic heterocycles. The lowest BCUT2D eigenvalue weighted by atomic mass is 10.1. The van der Waals surface area contributed by atoms with Gasteiger partial charge in [-0.1, -0.05) is 0 Å². The average molecular weight is 605 g/mol. The Morgan fingerprint density at radius 1 is 1.14 bits per heavy atom. The van der Waals surface area contributed by atoms with Crippen molar-refractivity contribution in [3.8, 4) is 10.6 Å². The number of anilines is 2. The van der Waals surface area contributed by atoms with Crippen molar-refractivity contribution in [2.75, 3.05) is 56.7 Å². The summed E-state index contributed by atoms with van der Waals surface area (Å²) in [6.07, 6.45) is -0.200. The van der Waals surface area contributed by atoms with Crippen molar-refractivity contribution < 1.29 is 22.7 Å². The Bertz CT molecular complexity index is 1490. The lowest BCUT2D eigenvalue weighted by molar-refractivity contribution is 0.0346. The number of amides is 1. The Labute approximate surface area is 246 Å². The zero-order valence-electron chi connectivity index (χ0n) is 24.1. The molecule has 0 saturated carbocycles. The molecular formula is C29H35F3N6O3S. The minimum atomic E-state index is -3.03. The number of hydrogen-bond acceptors (Lipinski definition) is 8. The zero-order valence-corrected chi connectivity index (χ0v) is 24.9. The maximum Gasteiger partial charge on any atom is 0.264 e. The molecule has 2 fully saturated rings. The summed E-state index contributed by atoms with van der Waals surface area (Å²) in [6.45, 7) is 8.89. The van der Waals surface area contributed by atoms with Gasteiger partial charge in [-0.3, -0.25) is 19.4 Å². The minimum absolute atomic E-state index is 0.149. The number of likely N-dealkylation sites (N-methyl/N-ethyl adjacent to an activating group) is 1. The molecule has 3 aromatic rings. The molecule has 0 aliphatic carbocycles. The number of pyridine rings is 1. The number of carbonyl (C=O) groups excluding carboxylic acids is 1. The van der Waals surface area contributed by atoms with Gasteiger partial charge >= 0.3 is 0 Å². The number of rotatable bonds is 7. The first-order valence-corrected chi connectivity index (χ1v) is 14.7. The van der Waals surface area contributed by atoms with Crippen LogP contribution < -0.4 is 15.8 Å². The monoisotopic (exact) mass is 604 g/mol. The van der Waals surface area contributed by atoms with Gasteiger partial charge < -0.3 is 19.5 Å². The number of aromatic nitrogens is 2. The molecule has 226 valence electrons. The van der Waals surface area contributed by atoms with E-state index in [-0.39, 0.29) is 28.9 Å². The summed E-state index contributed by atoms with van der Waals surface area (Å²) >= 11 is 1.37. The van der Waals surface area contributed by atoms with Gasteiger partial charge in [-0.15, -0.1) is 11.3 Å². The molecule has 1 amide bonds. The van der Waals surface area contributed by atoms with E-state index in [0.717, 1.165) is 34.8 Å². The number of alkyl halides is 2. The fourth-order valence-corrected chi connectivity index (χ4v) is 6.35. The van der Waals surface area contributed by atoms with E-state index in [9.17, 15) is 18.4 Å². The van der Waals surface area contributed by atoms with E-state index in [1.54, 1.807) is 6.20 Å². The molecule has 0 bridgehead atoms. The van der Waals surface area contributed by atoms with Crippen molar-refractivity contribution in [3.05, 3.63) is 62.8 Å². The lowest BCUT2D eigenvalue weighted by Crippen LogP contribution is -2.55. The molecule has 13 heteroatoms. The molecule has 42 heavy (non-hydrogen) atoms. The van der Waals surface area contributed by atoms with E-state index in [1.807, 2.05) is 11.9 Å². The Hall–Kier alpha value is -3.26. The molecule has 4 heterocycles. The molecule has 0 spiro atoms. The van der Waals surface area contributed by atoms with E-state index in [2.05, 4.69) is 33.9 Å². The number of benzene rings is 1. The van der Waals surface area contributed by atoms with Crippen LogP contribution in [0.3, 0.4) is 0 Å². The van der Waals surface area contributed by atoms with Crippen LogP contribution in [0.2, 0.25) is 0 Å². The van der Waals surface area contributed by atoms with Gasteiger partial charge in [0.1, 0.15) is 10.8 Å². The van der Waals surface area contributed by atoms with E-state index >= 15 is 4.39 Å². The third-order valence-corrected chi connectivity index (χ3v) is 9.06. The van der Waals surface area contributed by atoms with Crippen LogP contribution in [0.4, 0.5) is 24.5 Å². The standard InChI is InChI=1S/C29H35F3N6O3S/c1-17-13-38(14-18(2)36(17)4)25-11-23(30)21(29-33-12-19(42-29)15-37-5-7-41-8-6-37)9-24(25)34-28(40)22-16-35(3)26(39)10-20(22)27(31)32/h9-12,16-18,27H,5-8,13-15H2,1-4H3,(H,34,40)/t17-,18+. The van der Waals surface area contributed by atoms with E-state index in [4.69, 9.17) is 4.74 Å². The predicted molar refractivity (Wildman–Crippen MR) is 157 cm³/mol. The molecule has 1 N–H and O–H groups in total. The Balaban J connectivity index is 1.52. The average Bonchev–Trinajstić information content (AvgIpc) is 3.41. The molecule has 1 aromatic carbocycles. The van der Waals surface area contributed by atoms with Crippen molar-refractivity contribution >= 4 is 28.6 Å². The second kappa shape index (κ2) is 12.5. The van der Waals surface area contributed by atoms with Crippen LogP contribution in [0.5, 0.6) is 0 Å². The molecule has 2 saturated heterocycles. The molecule has 5 rings (SSSR count). The molecule has 0 unspecified atom stereocenters. The SMILES string of the molecule is C[C@@H]1CN(c2cc(F)c(-c3ncc(CN4CCOCC4)s3)cc2NC(=O)c2cn(C)c(=O)cc2C(F)F)C[C@H](C)N1C. The third-order valence-electron chi connectivity index (χ3n) is 8.04. The van der Waals surface area contributed by atoms with Crippen LogP contribution >= 0.6 is 11.3 Å². The van der Waals surface area contributed by atoms with E-state index < -0.39 is 29.3 Å². The Kier molecular flexibility index (Phi) is 9.02. The van der Waals surface area contributed by atoms with Gasteiger partial charge in [0.15, 0.2) is 0 Å². The second-order valence-corrected chi connectivity index (χ2v) is 12.1. The highest BCUT2D eigenvalue weighted by Gasteiger charge is 2.30. The fourth-order valence-electron chi connectivity index (χ4n) is 5.38. The number of piperazine rings is 1. The molecule has 2 aliphatic rings. The van der Waals surface area contributed by atoms with E-state index in [0.29, 0.717) is 43.5 Å². The van der Waals surface area contributed by atoms with Crippen LogP contribution in [-0.4, -0.2) is 83.8 Å². The molecular weight excluding hydrogens is 569 g/mol. The van der Waals surface area contributed by atoms with Gasteiger partial charge in [0.25, 0.3) is 17.9 Å². The number of nitrogens with zero attached hydrogens (tertiary/aromatic N) is 5. The summed E-state index contributed by atoms with van der Waals surface area (Å²) in [7, 11) is 3.42. The summed E-state index contributed by atoms with van der Waals surface area (Å²) in [5, 5.41) is 3.21. The molecule has 2 aliphatic heterocycles. The van der Waals surface area contributed by atoms with Gasteiger partial charge in [-0.2, -0.15) is 0 Å². The molecule has 0 radical (unpaired) electrons. The number of ether oxygens (including phenoxy) is 1. The lowest BCUT2D eigenvalue weighted by Gasteiger charge is -2.44. The number of morpholine rings is 1. The quantitative estimate of drug-likeness (QED) is 0.433. The summed E-state index contributed by atoms with van der Waals surface area (Å²) in [6, 6.07) is 3.98. The largest absolute Gasteiger partial charge is 0.379 e. The van der Waals surface area contributed by atoms with Crippen molar-refractivity contribution in [1.29, 1.82) is 0 Å². The first kappa shape index (κ1) is 30.2. The Morgan fingerprint density at radius 2 is 1.83 bits per heavy atom. The first-order chi connectivity index (χ1) is 20.0. The number of halogens is 3. The molecule has 2 atom stereocenters. The van der Waals surface area contributed by atoms with Crippen molar-refractivity contribution in [2.24, 2.45) is 7.05 Å². The maximum atomic E-state index is 15.8.